The summed E-state index contributed by atoms with van der Waals surface area (Å²) in [7, 11) is 0. The van der Waals surface area contributed by atoms with Gasteiger partial charge in [0.05, 0.1) is 0 Å². The molecule has 0 aromatic heterocycles. The first-order valence-corrected chi connectivity index (χ1v) is 7.06. The molecule has 1 aliphatic carbocycles. The average molecular weight is 292 g/mol. The number of hydrogen-bond donors (Lipinski definition) is 3. The van der Waals surface area contributed by atoms with Gasteiger partial charge >= 0.3 is 12.1 Å². The Kier molecular flexibility index (Phi) is 4.80. The third-order valence-electron chi connectivity index (χ3n) is 3.87. The van der Waals surface area contributed by atoms with Crippen molar-refractivity contribution in [2.75, 3.05) is 0 Å². The van der Waals surface area contributed by atoms with Crippen molar-refractivity contribution in [3.63, 3.8) is 0 Å². The van der Waals surface area contributed by atoms with Crippen molar-refractivity contribution < 1.29 is 19.4 Å². The van der Waals surface area contributed by atoms with E-state index < -0.39 is 18.1 Å². The zero-order valence-corrected chi connectivity index (χ0v) is 11.7. The lowest BCUT2D eigenvalue weighted by atomic mass is 9.90. The minimum atomic E-state index is -1.16. The summed E-state index contributed by atoms with van der Waals surface area (Å²) in [5.74, 6) is -0.256. The van der Waals surface area contributed by atoms with E-state index in [2.05, 4.69) is 4.74 Å². The summed E-state index contributed by atoms with van der Waals surface area (Å²) in [5, 5.41) is 9.68. The fourth-order valence-electron chi connectivity index (χ4n) is 2.88. The molecule has 1 aliphatic rings. The Bertz CT molecular complexity index is 538. The predicted octanol–water partition coefficient (Wildman–Crippen LogP) is 1.54. The van der Waals surface area contributed by atoms with Crippen molar-refractivity contribution in [2.24, 2.45) is 11.5 Å². The number of aromatic hydroxyl groups is 1. The fraction of sp³-hybridized carbons (Fsp3) is 0.467. The topological polar surface area (TPSA) is 116 Å². The molecule has 6 heteroatoms. The van der Waals surface area contributed by atoms with Crippen molar-refractivity contribution in [3.8, 4) is 5.75 Å². The third kappa shape index (κ3) is 3.95. The number of phenolic OH excluding ortho intramolecular Hbond substituents is 1. The summed E-state index contributed by atoms with van der Waals surface area (Å²) in [6.07, 6.45) is 3.55. The fourth-order valence-corrected chi connectivity index (χ4v) is 2.88. The minimum absolute atomic E-state index is 0.203. The molecular weight excluding hydrogens is 272 g/mol. The van der Waals surface area contributed by atoms with Crippen LogP contribution in [0.4, 0.5) is 4.79 Å². The van der Waals surface area contributed by atoms with Gasteiger partial charge in [0.1, 0.15) is 11.8 Å². The first kappa shape index (κ1) is 15.3. The molecular formula is C15H20N2O4. The number of esters is 1. The standard InChI is InChI=1S/C15H20N2O4/c16-13(14(19)21-15(17)20)7-10-5-6-11(18)8-12(10)9-3-1-2-4-9/h5-6,8-9,13,18H,1-4,7,16H2,(H2,17,20)/t13-/m0/s1. The summed E-state index contributed by atoms with van der Waals surface area (Å²) >= 11 is 0. The van der Waals surface area contributed by atoms with E-state index in [0.717, 1.165) is 36.8 Å². The first-order valence-electron chi connectivity index (χ1n) is 7.06. The van der Waals surface area contributed by atoms with Crippen LogP contribution in [-0.2, 0) is 16.0 Å². The summed E-state index contributed by atoms with van der Waals surface area (Å²) in [6, 6.07) is 4.11. The van der Waals surface area contributed by atoms with Crippen LogP contribution in [0.2, 0.25) is 0 Å². The number of phenols is 1. The van der Waals surface area contributed by atoms with Crippen LogP contribution in [0.15, 0.2) is 18.2 Å². The summed E-state index contributed by atoms with van der Waals surface area (Å²) < 4.78 is 4.30. The number of amides is 1. The van der Waals surface area contributed by atoms with Crippen LogP contribution in [0.5, 0.6) is 5.75 Å². The first-order chi connectivity index (χ1) is 9.97. The minimum Gasteiger partial charge on any atom is -0.508 e. The molecule has 0 radical (unpaired) electrons. The molecule has 114 valence electrons. The predicted molar refractivity (Wildman–Crippen MR) is 76.7 cm³/mol. The van der Waals surface area contributed by atoms with Gasteiger partial charge in [-0.1, -0.05) is 18.9 Å². The van der Waals surface area contributed by atoms with Crippen molar-refractivity contribution in [3.05, 3.63) is 29.3 Å². The third-order valence-corrected chi connectivity index (χ3v) is 3.87. The SMILES string of the molecule is NC(=O)OC(=O)[C@@H](N)Cc1ccc(O)cc1C1CCCC1. The quantitative estimate of drug-likeness (QED) is 0.575. The van der Waals surface area contributed by atoms with Gasteiger partial charge in [0.25, 0.3) is 0 Å². The summed E-state index contributed by atoms with van der Waals surface area (Å²) in [4.78, 5) is 22.1. The Labute approximate surface area is 123 Å². The summed E-state index contributed by atoms with van der Waals surface area (Å²) in [6.45, 7) is 0. The van der Waals surface area contributed by atoms with Gasteiger partial charge in [0.15, 0.2) is 0 Å². The molecule has 0 spiro atoms. The molecule has 0 aliphatic heterocycles. The van der Waals surface area contributed by atoms with Gasteiger partial charge in [-0.3, -0.25) is 0 Å². The number of carbonyl (C=O) groups excluding carboxylic acids is 2. The molecule has 0 bridgehead atoms. The molecule has 1 amide bonds. The van der Waals surface area contributed by atoms with Gasteiger partial charge in [-0.05, 0) is 48.4 Å². The van der Waals surface area contributed by atoms with E-state index in [1.54, 1.807) is 18.2 Å². The Hall–Kier alpha value is -2.08. The maximum Gasteiger partial charge on any atom is 0.412 e. The molecule has 2 rings (SSSR count). The zero-order chi connectivity index (χ0) is 15.4. The van der Waals surface area contributed by atoms with Crippen LogP contribution in [0, 0.1) is 0 Å². The van der Waals surface area contributed by atoms with Crippen molar-refractivity contribution >= 4 is 12.1 Å². The normalized spacial score (nSPS) is 16.6. The van der Waals surface area contributed by atoms with Gasteiger partial charge in [-0.2, -0.15) is 0 Å². The van der Waals surface area contributed by atoms with Gasteiger partial charge in [0, 0.05) is 0 Å². The highest BCUT2D eigenvalue weighted by molar-refractivity contribution is 5.87. The highest BCUT2D eigenvalue weighted by atomic mass is 16.6. The van der Waals surface area contributed by atoms with Crippen LogP contribution < -0.4 is 11.5 Å². The number of ether oxygens (including phenoxy) is 1. The Morgan fingerprint density at radius 1 is 1.33 bits per heavy atom. The van der Waals surface area contributed by atoms with Crippen LogP contribution in [0.25, 0.3) is 0 Å². The Balaban J connectivity index is 2.15. The molecule has 0 heterocycles. The van der Waals surface area contributed by atoms with E-state index >= 15 is 0 Å². The number of nitrogens with two attached hydrogens (primary N) is 2. The van der Waals surface area contributed by atoms with E-state index in [1.165, 1.54) is 0 Å². The average Bonchev–Trinajstić information content (AvgIpc) is 2.93. The van der Waals surface area contributed by atoms with Crippen LogP contribution in [-0.4, -0.2) is 23.2 Å². The largest absolute Gasteiger partial charge is 0.508 e. The molecule has 1 aromatic carbocycles. The van der Waals surface area contributed by atoms with Crippen molar-refractivity contribution in [1.29, 1.82) is 0 Å². The van der Waals surface area contributed by atoms with E-state index in [-0.39, 0.29) is 12.2 Å². The molecule has 1 atom stereocenters. The lowest BCUT2D eigenvalue weighted by molar-refractivity contribution is -0.138. The van der Waals surface area contributed by atoms with Crippen molar-refractivity contribution in [1.82, 2.24) is 0 Å². The number of hydrogen-bond acceptors (Lipinski definition) is 5. The number of primary amides is 1. The van der Waals surface area contributed by atoms with E-state index in [1.807, 2.05) is 0 Å². The Morgan fingerprint density at radius 2 is 2.00 bits per heavy atom. The molecule has 1 aromatic rings. The molecule has 21 heavy (non-hydrogen) atoms. The number of rotatable bonds is 4. The second kappa shape index (κ2) is 6.58. The van der Waals surface area contributed by atoms with E-state index in [9.17, 15) is 14.7 Å². The summed E-state index contributed by atoms with van der Waals surface area (Å²) in [5.41, 5.74) is 12.5. The van der Waals surface area contributed by atoms with Crippen LogP contribution >= 0.6 is 0 Å². The highest BCUT2D eigenvalue weighted by Gasteiger charge is 2.24. The monoisotopic (exact) mass is 292 g/mol. The molecule has 1 saturated carbocycles. The maximum absolute atomic E-state index is 11.6. The lowest BCUT2D eigenvalue weighted by Gasteiger charge is -2.18. The zero-order valence-electron chi connectivity index (χ0n) is 11.7. The van der Waals surface area contributed by atoms with Gasteiger partial charge in [-0.25, -0.2) is 9.59 Å². The molecule has 1 fully saturated rings. The molecule has 0 unspecified atom stereocenters. The van der Waals surface area contributed by atoms with E-state index in [0.29, 0.717) is 5.92 Å². The number of carbonyl (C=O) groups is 2. The lowest BCUT2D eigenvalue weighted by Crippen LogP contribution is -2.37. The van der Waals surface area contributed by atoms with Crippen LogP contribution in [0.1, 0.15) is 42.7 Å². The molecule has 5 N–H and O–H groups in total. The smallest absolute Gasteiger partial charge is 0.412 e. The van der Waals surface area contributed by atoms with Gasteiger partial charge in [0.2, 0.25) is 0 Å². The van der Waals surface area contributed by atoms with Crippen LogP contribution in [0.3, 0.4) is 0 Å². The highest BCUT2D eigenvalue weighted by Crippen LogP contribution is 2.37. The molecule has 0 saturated heterocycles. The van der Waals surface area contributed by atoms with Gasteiger partial charge < -0.3 is 21.3 Å². The second-order valence-electron chi connectivity index (χ2n) is 5.42. The van der Waals surface area contributed by atoms with Crippen molar-refractivity contribution in [2.45, 2.75) is 44.1 Å². The number of benzene rings is 1. The Morgan fingerprint density at radius 3 is 2.62 bits per heavy atom. The molecule has 6 nitrogen and oxygen atoms in total. The van der Waals surface area contributed by atoms with E-state index in [4.69, 9.17) is 11.5 Å². The van der Waals surface area contributed by atoms with Gasteiger partial charge in [-0.15, -0.1) is 0 Å². The maximum atomic E-state index is 11.6. The second-order valence-corrected chi connectivity index (χ2v) is 5.42.